The molecule has 7 heteroatoms. The summed E-state index contributed by atoms with van der Waals surface area (Å²) >= 11 is 0. The van der Waals surface area contributed by atoms with Crippen LogP contribution in [0.5, 0.6) is 0 Å². The second-order valence-corrected chi connectivity index (χ2v) is 4.97. The number of H-pyrrole nitrogens is 1. The molecule has 0 saturated carbocycles. The first-order valence-corrected chi connectivity index (χ1v) is 6.99. The Morgan fingerprint density at radius 1 is 1.52 bits per heavy atom. The number of carbonyl (C=O) groups is 1. The van der Waals surface area contributed by atoms with Crippen LogP contribution in [0.15, 0.2) is 24.8 Å². The van der Waals surface area contributed by atoms with Crippen molar-refractivity contribution in [1.82, 2.24) is 25.3 Å². The van der Waals surface area contributed by atoms with Crippen molar-refractivity contribution in [2.75, 3.05) is 13.2 Å². The van der Waals surface area contributed by atoms with Gasteiger partial charge in [0.05, 0.1) is 31.4 Å². The lowest BCUT2D eigenvalue weighted by molar-refractivity contribution is 0.0779. The molecule has 1 amide bonds. The molecule has 1 atom stereocenters. The number of imidazole rings is 1. The molecule has 0 unspecified atom stereocenters. The van der Waals surface area contributed by atoms with Crippen LogP contribution in [0.2, 0.25) is 0 Å². The maximum atomic E-state index is 11.8. The van der Waals surface area contributed by atoms with Gasteiger partial charge in [-0.15, -0.1) is 0 Å². The molecular formula is C14H17N5O2. The smallest absolute Gasteiger partial charge is 0.269 e. The molecule has 0 bridgehead atoms. The number of amides is 1. The molecule has 2 aromatic rings. The monoisotopic (exact) mass is 287 g/mol. The van der Waals surface area contributed by atoms with Gasteiger partial charge in [0, 0.05) is 18.7 Å². The van der Waals surface area contributed by atoms with Crippen molar-refractivity contribution in [3.05, 3.63) is 42.0 Å². The van der Waals surface area contributed by atoms with Crippen LogP contribution in [-0.2, 0) is 11.3 Å². The van der Waals surface area contributed by atoms with E-state index in [1.54, 1.807) is 12.3 Å². The van der Waals surface area contributed by atoms with Gasteiger partial charge >= 0.3 is 0 Å². The number of carbonyl (C=O) groups excluding carboxylic acids is 1. The average Bonchev–Trinajstić information content (AvgIpc) is 3.08. The number of rotatable bonds is 4. The van der Waals surface area contributed by atoms with Crippen molar-refractivity contribution < 1.29 is 9.53 Å². The highest BCUT2D eigenvalue weighted by Gasteiger charge is 2.19. The normalized spacial score (nSPS) is 18.4. The summed E-state index contributed by atoms with van der Waals surface area (Å²) in [5, 5.41) is 2.80. The molecule has 3 heterocycles. The van der Waals surface area contributed by atoms with Crippen LogP contribution in [0, 0.1) is 0 Å². The lowest BCUT2D eigenvalue weighted by Gasteiger charge is -2.20. The number of hydrogen-bond donors (Lipinski definition) is 2. The molecule has 2 aromatic heterocycles. The van der Waals surface area contributed by atoms with Crippen LogP contribution in [0.3, 0.4) is 0 Å². The van der Waals surface area contributed by atoms with E-state index in [0.29, 0.717) is 18.8 Å². The second kappa shape index (κ2) is 6.45. The van der Waals surface area contributed by atoms with Crippen molar-refractivity contribution in [1.29, 1.82) is 0 Å². The van der Waals surface area contributed by atoms with Gasteiger partial charge in [-0.05, 0) is 18.9 Å². The highest BCUT2D eigenvalue weighted by atomic mass is 16.5. The lowest BCUT2D eigenvalue weighted by Crippen LogP contribution is -2.24. The first-order valence-electron chi connectivity index (χ1n) is 6.99. The number of nitrogens with one attached hydrogen (secondary N) is 2. The second-order valence-electron chi connectivity index (χ2n) is 4.97. The Balaban J connectivity index is 1.62. The van der Waals surface area contributed by atoms with E-state index >= 15 is 0 Å². The van der Waals surface area contributed by atoms with Crippen LogP contribution in [-0.4, -0.2) is 39.1 Å². The summed E-state index contributed by atoms with van der Waals surface area (Å²) in [5.41, 5.74) is 1.23. The number of aromatic amines is 1. The molecule has 1 saturated heterocycles. The van der Waals surface area contributed by atoms with E-state index in [0.717, 1.165) is 31.0 Å². The van der Waals surface area contributed by atoms with E-state index in [2.05, 4.69) is 25.3 Å². The van der Waals surface area contributed by atoms with Crippen LogP contribution in [0.1, 0.15) is 40.8 Å². The van der Waals surface area contributed by atoms with Gasteiger partial charge < -0.3 is 15.0 Å². The summed E-state index contributed by atoms with van der Waals surface area (Å²) in [4.78, 5) is 27.2. The van der Waals surface area contributed by atoms with Crippen LogP contribution >= 0.6 is 0 Å². The number of hydrogen-bond acceptors (Lipinski definition) is 5. The van der Waals surface area contributed by atoms with E-state index < -0.39 is 0 Å². The largest absolute Gasteiger partial charge is 0.381 e. The van der Waals surface area contributed by atoms with Gasteiger partial charge in [0.1, 0.15) is 11.5 Å². The number of aromatic nitrogens is 4. The molecule has 110 valence electrons. The molecular weight excluding hydrogens is 270 g/mol. The molecule has 0 radical (unpaired) electrons. The van der Waals surface area contributed by atoms with Crippen LogP contribution < -0.4 is 5.32 Å². The maximum absolute atomic E-state index is 11.8. The molecule has 1 aliphatic rings. The van der Waals surface area contributed by atoms with E-state index in [4.69, 9.17) is 4.74 Å². The minimum Gasteiger partial charge on any atom is -0.381 e. The summed E-state index contributed by atoms with van der Waals surface area (Å²) in [7, 11) is 0. The Morgan fingerprint density at radius 3 is 3.24 bits per heavy atom. The quantitative estimate of drug-likeness (QED) is 0.876. The summed E-state index contributed by atoms with van der Waals surface area (Å²) in [6.45, 7) is 1.85. The SMILES string of the molecule is O=C(NCc1ccnc([C@@H]2CCCOC2)n1)c1cnc[nH]1. The molecule has 0 spiro atoms. The Bertz CT molecular complexity index is 593. The summed E-state index contributed by atoms with van der Waals surface area (Å²) in [6, 6.07) is 1.81. The summed E-state index contributed by atoms with van der Waals surface area (Å²) in [5.74, 6) is 0.846. The Morgan fingerprint density at radius 2 is 2.48 bits per heavy atom. The highest BCUT2D eigenvalue weighted by Crippen LogP contribution is 2.22. The van der Waals surface area contributed by atoms with Crippen LogP contribution in [0.4, 0.5) is 0 Å². The van der Waals surface area contributed by atoms with Gasteiger partial charge in [-0.25, -0.2) is 15.0 Å². The minimum absolute atomic E-state index is 0.200. The highest BCUT2D eigenvalue weighted by molar-refractivity contribution is 5.91. The molecule has 0 aromatic carbocycles. The average molecular weight is 287 g/mol. The fourth-order valence-electron chi connectivity index (χ4n) is 2.30. The number of ether oxygens (including phenoxy) is 1. The standard InChI is InChI=1S/C14H17N5O2/c20-14(12-7-15-9-18-12)17-6-11-3-4-16-13(19-11)10-2-1-5-21-8-10/h3-4,7,9-10H,1-2,5-6,8H2,(H,15,18)(H,17,20)/t10-/m1/s1. The molecule has 7 nitrogen and oxygen atoms in total. The zero-order chi connectivity index (χ0) is 14.5. The van der Waals surface area contributed by atoms with Crippen molar-refractivity contribution in [3.63, 3.8) is 0 Å². The van der Waals surface area contributed by atoms with Crippen molar-refractivity contribution in [3.8, 4) is 0 Å². The predicted octanol–water partition coefficient (Wildman–Crippen LogP) is 1.02. The summed E-state index contributed by atoms with van der Waals surface area (Å²) in [6.07, 6.45) is 6.77. The van der Waals surface area contributed by atoms with Crippen molar-refractivity contribution >= 4 is 5.91 Å². The Hall–Kier alpha value is -2.28. The molecule has 21 heavy (non-hydrogen) atoms. The fourth-order valence-corrected chi connectivity index (χ4v) is 2.30. The minimum atomic E-state index is -0.200. The third kappa shape index (κ3) is 3.43. The van der Waals surface area contributed by atoms with Crippen molar-refractivity contribution in [2.45, 2.75) is 25.3 Å². The van der Waals surface area contributed by atoms with E-state index in [1.165, 1.54) is 12.5 Å². The maximum Gasteiger partial charge on any atom is 0.269 e. The Kier molecular flexibility index (Phi) is 4.20. The van der Waals surface area contributed by atoms with Gasteiger partial charge in [0.25, 0.3) is 5.91 Å². The third-order valence-corrected chi connectivity index (χ3v) is 3.43. The molecule has 1 aliphatic heterocycles. The van der Waals surface area contributed by atoms with Gasteiger partial charge in [0.15, 0.2) is 0 Å². The van der Waals surface area contributed by atoms with Gasteiger partial charge in [-0.1, -0.05) is 0 Å². The van der Waals surface area contributed by atoms with Crippen LogP contribution in [0.25, 0.3) is 0 Å². The zero-order valence-corrected chi connectivity index (χ0v) is 11.6. The third-order valence-electron chi connectivity index (χ3n) is 3.43. The van der Waals surface area contributed by atoms with Gasteiger partial charge in [0.2, 0.25) is 0 Å². The zero-order valence-electron chi connectivity index (χ0n) is 11.6. The first-order chi connectivity index (χ1) is 10.3. The van der Waals surface area contributed by atoms with Gasteiger partial charge in [-0.3, -0.25) is 4.79 Å². The van der Waals surface area contributed by atoms with Gasteiger partial charge in [-0.2, -0.15) is 0 Å². The topological polar surface area (TPSA) is 92.8 Å². The lowest BCUT2D eigenvalue weighted by atomic mass is 10.0. The molecule has 1 fully saturated rings. The fraction of sp³-hybridized carbons (Fsp3) is 0.429. The summed E-state index contributed by atoms with van der Waals surface area (Å²) < 4.78 is 5.46. The van der Waals surface area contributed by atoms with E-state index in [-0.39, 0.29) is 11.8 Å². The first kappa shape index (κ1) is 13.7. The van der Waals surface area contributed by atoms with E-state index in [9.17, 15) is 4.79 Å². The Labute approximate surface area is 122 Å². The predicted molar refractivity (Wildman–Crippen MR) is 74.6 cm³/mol. The molecule has 0 aliphatic carbocycles. The number of nitrogens with zero attached hydrogens (tertiary/aromatic N) is 3. The molecule has 3 rings (SSSR count). The van der Waals surface area contributed by atoms with E-state index in [1.807, 2.05) is 0 Å². The molecule has 2 N–H and O–H groups in total. The van der Waals surface area contributed by atoms with Crippen molar-refractivity contribution in [2.24, 2.45) is 0 Å².